The third kappa shape index (κ3) is 4.14. The molecule has 0 fully saturated rings. The number of aromatic nitrogens is 1. The van der Waals surface area contributed by atoms with Gasteiger partial charge in [0.1, 0.15) is 5.75 Å². The standard InChI is InChI=1S/C16H19ClN2O/c1-3-8-20-16-7-6-14(9-15(16)17)19-11-13-5-4-12(2)18-10-13/h4-7,9-10,19H,3,8,11H2,1-2H3. The van der Waals surface area contributed by atoms with Gasteiger partial charge in [-0.2, -0.15) is 0 Å². The van der Waals surface area contributed by atoms with Crippen molar-refractivity contribution in [1.82, 2.24) is 4.98 Å². The van der Waals surface area contributed by atoms with Gasteiger partial charge < -0.3 is 10.1 Å². The van der Waals surface area contributed by atoms with E-state index in [4.69, 9.17) is 16.3 Å². The van der Waals surface area contributed by atoms with Crippen molar-refractivity contribution in [3.8, 4) is 5.75 Å². The molecule has 0 radical (unpaired) electrons. The van der Waals surface area contributed by atoms with Crippen LogP contribution in [0.4, 0.5) is 5.69 Å². The topological polar surface area (TPSA) is 34.1 Å². The molecule has 0 atom stereocenters. The van der Waals surface area contributed by atoms with Crippen LogP contribution >= 0.6 is 11.6 Å². The van der Waals surface area contributed by atoms with Gasteiger partial charge in [-0.15, -0.1) is 0 Å². The summed E-state index contributed by atoms with van der Waals surface area (Å²) in [6, 6.07) is 9.82. The summed E-state index contributed by atoms with van der Waals surface area (Å²) in [5.41, 5.74) is 3.13. The number of hydrogen-bond donors (Lipinski definition) is 1. The Hall–Kier alpha value is -1.74. The summed E-state index contributed by atoms with van der Waals surface area (Å²) >= 11 is 6.19. The lowest BCUT2D eigenvalue weighted by molar-refractivity contribution is 0.317. The maximum Gasteiger partial charge on any atom is 0.138 e. The highest BCUT2D eigenvalue weighted by Gasteiger charge is 2.03. The van der Waals surface area contributed by atoms with E-state index in [1.807, 2.05) is 37.4 Å². The molecule has 0 unspecified atom stereocenters. The molecule has 0 amide bonds. The molecule has 0 saturated carbocycles. The zero-order valence-corrected chi connectivity index (χ0v) is 12.6. The van der Waals surface area contributed by atoms with E-state index in [9.17, 15) is 0 Å². The molecule has 0 bridgehead atoms. The average Bonchev–Trinajstić information content (AvgIpc) is 2.46. The van der Waals surface area contributed by atoms with E-state index < -0.39 is 0 Å². The summed E-state index contributed by atoms with van der Waals surface area (Å²) in [5.74, 6) is 0.732. The molecule has 0 aliphatic rings. The minimum absolute atomic E-state index is 0.630. The molecule has 4 heteroatoms. The number of aryl methyl sites for hydroxylation is 1. The molecule has 3 nitrogen and oxygen atoms in total. The van der Waals surface area contributed by atoms with Gasteiger partial charge in [0.05, 0.1) is 11.6 Å². The molecule has 20 heavy (non-hydrogen) atoms. The van der Waals surface area contributed by atoms with E-state index in [1.165, 1.54) is 0 Å². The Balaban J connectivity index is 1.96. The monoisotopic (exact) mass is 290 g/mol. The van der Waals surface area contributed by atoms with Crippen LogP contribution in [-0.2, 0) is 6.54 Å². The summed E-state index contributed by atoms with van der Waals surface area (Å²) < 4.78 is 5.55. The summed E-state index contributed by atoms with van der Waals surface area (Å²) in [4.78, 5) is 4.27. The van der Waals surface area contributed by atoms with Crippen molar-refractivity contribution in [2.45, 2.75) is 26.8 Å². The van der Waals surface area contributed by atoms with Crippen LogP contribution in [0.2, 0.25) is 5.02 Å². The van der Waals surface area contributed by atoms with E-state index in [0.717, 1.165) is 35.7 Å². The molecule has 1 aromatic heterocycles. The number of nitrogens with one attached hydrogen (secondary N) is 1. The highest BCUT2D eigenvalue weighted by molar-refractivity contribution is 6.32. The average molecular weight is 291 g/mol. The van der Waals surface area contributed by atoms with Crippen molar-refractivity contribution in [2.24, 2.45) is 0 Å². The number of ether oxygens (including phenoxy) is 1. The van der Waals surface area contributed by atoms with Crippen LogP contribution in [-0.4, -0.2) is 11.6 Å². The smallest absolute Gasteiger partial charge is 0.138 e. The number of rotatable bonds is 6. The van der Waals surface area contributed by atoms with E-state index in [2.05, 4.69) is 23.3 Å². The van der Waals surface area contributed by atoms with Gasteiger partial charge in [-0.25, -0.2) is 0 Å². The maximum absolute atomic E-state index is 6.19. The maximum atomic E-state index is 6.19. The van der Waals surface area contributed by atoms with Crippen molar-refractivity contribution >= 4 is 17.3 Å². The Kier molecular flexibility index (Phi) is 5.24. The fourth-order valence-electron chi connectivity index (χ4n) is 1.75. The van der Waals surface area contributed by atoms with Crippen LogP contribution in [0, 0.1) is 6.92 Å². The van der Waals surface area contributed by atoms with E-state index in [0.29, 0.717) is 11.6 Å². The number of anilines is 1. The molecular weight excluding hydrogens is 272 g/mol. The van der Waals surface area contributed by atoms with Gasteiger partial charge in [0.25, 0.3) is 0 Å². The molecular formula is C16H19ClN2O. The van der Waals surface area contributed by atoms with Crippen LogP contribution in [0.5, 0.6) is 5.75 Å². The third-order valence-electron chi connectivity index (χ3n) is 2.86. The Labute approximate surface area is 124 Å². The van der Waals surface area contributed by atoms with Crippen molar-refractivity contribution in [2.75, 3.05) is 11.9 Å². The number of benzene rings is 1. The van der Waals surface area contributed by atoms with E-state index in [-0.39, 0.29) is 0 Å². The number of pyridine rings is 1. The zero-order valence-electron chi connectivity index (χ0n) is 11.8. The summed E-state index contributed by atoms with van der Waals surface area (Å²) in [5, 5.41) is 3.95. The van der Waals surface area contributed by atoms with Gasteiger partial charge in [-0.1, -0.05) is 24.6 Å². The minimum Gasteiger partial charge on any atom is -0.492 e. The first-order valence-electron chi connectivity index (χ1n) is 6.77. The molecule has 1 N–H and O–H groups in total. The van der Waals surface area contributed by atoms with Crippen molar-refractivity contribution in [1.29, 1.82) is 0 Å². The molecule has 2 rings (SSSR count). The quantitative estimate of drug-likeness (QED) is 0.854. The highest BCUT2D eigenvalue weighted by atomic mass is 35.5. The summed E-state index contributed by atoms with van der Waals surface area (Å²) in [7, 11) is 0. The van der Waals surface area contributed by atoms with Crippen LogP contribution in [0.1, 0.15) is 24.6 Å². The number of halogens is 1. The number of hydrogen-bond acceptors (Lipinski definition) is 3. The lowest BCUT2D eigenvalue weighted by Gasteiger charge is -2.10. The molecule has 0 saturated heterocycles. The summed E-state index contributed by atoms with van der Waals surface area (Å²) in [6.07, 6.45) is 2.85. The largest absolute Gasteiger partial charge is 0.492 e. The molecule has 0 spiro atoms. The van der Waals surface area contributed by atoms with E-state index in [1.54, 1.807) is 0 Å². The van der Waals surface area contributed by atoms with E-state index >= 15 is 0 Å². The fourth-order valence-corrected chi connectivity index (χ4v) is 1.98. The van der Waals surface area contributed by atoms with Gasteiger partial charge in [-0.3, -0.25) is 4.98 Å². The predicted octanol–water partition coefficient (Wildman–Crippen LogP) is 4.44. The molecule has 106 valence electrons. The lowest BCUT2D eigenvalue weighted by atomic mass is 10.2. The molecule has 1 heterocycles. The predicted molar refractivity (Wildman–Crippen MR) is 83.5 cm³/mol. The minimum atomic E-state index is 0.630. The number of nitrogens with zero attached hydrogens (tertiary/aromatic N) is 1. The normalized spacial score (nSPS) is 10.3. The molecule has 2 aromatic rings. The zero-order chi connectivity index (χ0) is 14.4. The van der Waals surface area contributed by atoms with Crippen LogP contribution in [0.15, 0.2) is 36.5 Å². The van der Waals surface area contributed by atoms with Crippen molar-refractivity contribution in [3.05, 3.63) is 52.8 Å². The Morgan fingerprint density at radius 1 is 1.25 bits per heavy atom. The Morgan fingerprint density at radius 3 is 2.75 bits per heavy atom. The lowest BCUT2D eigenvalue weighted by Crippen LogP contribution is -2.01. The SMILES string of the molecule is CCCOc1ccc(NCc2ccc(C)nc2)cc1Cl. The van der Waals surface area contributed by atoms with Crippen molar-refractivity contribution in [3.63, 3.8) is 0 Å². The van der Waals surface area contributed by atoms with Crippen molar-refractivity contribution < 1.29 is 4.74 Å². The second kappa shape index (κ2) is 7.15. The van der Waals surface area contributed by atoms with Crippen LogP contribution in [0.3, 0.4) is 0 Å². The van der Waals surface area contributed by atoms with Crippen LogP contribution in [0.25, 0.3) is 0 Å². The molecule has 0 aliphatic carbocycles. The second-order valence-electron chi connectivity index (χ2n) is 4.66. The second-order valence-corrected chi connectivity index (χ2v) is 5.06. The third-order valence-corrected chi connectivity index (χ3v) is 3.16. The summed E-state index contributed by atoms with van der Waals surface area (Å²) in [6.45, 7) is 5.45. The van der Waals surface area contributed by atoms with Gasteiger partial charge in [0.15, 0.2) is 0 Å². The highest BCUT2D eigenvalue weighted by Crippen LogP contribution is 2.28. The molecule has 1 aromatic carbocycles. The van der Waals surface area contributed by atoms with Gasteiger partial charge in [0, 0.05) is 24.1 Å². The first kappa shape index (κ1) is 14.7. The Bertz CT molecular complexity index is 555. The first-order chi connectivity index (χ1) is 9.69. The fraction of sp³-hybridized carbons (Fsp3) is 0.312. The van der Waals surface area contributed by atoms with Gasteiger partial charge >= 0.3 is 0 Å². The van der Waals surface area contributed by atoms with Crippen LogP contribution < -0.4 is 10.1 Å². The molecule has 0 aliphatic heterocycles. The van der Waals surface area contributed by atoms with Gasteiger partial charge in [-0.05, 0) is 43.2 Å². The first-order valence-corrected chi connectivity index (χ1v) is 7.14. The van der Waals surface area contributed by atoms with Gasteiger partial charge in [0.2, 0.25) is 0 Å². The Morgan fingerprint density at radius 2 is 2.10 bits per heavy atom.